The fraction of sp³-hybridized carbons (Fsp3) is 0.333. The van der Waals surface area contributed by atoms with E-state index in [9.17, 15) is 18.0 Å². The van der Waals surface area contributed by atoms with Gasteiger partial charge in [-0.15, -0.1) is 0 Å². The van der Waals surface area contributed by atoms with Crippen LogP contribution in [0.1, 0.15) is 44.7 Å². The van der Waals surface area contributed by atoms with Crippen molar-refractivity contribution >= 4 is 22.9 Å². The van der Waals surface area contributed by atoms with Gasteiger partial charge >= 0.3 is 12.3 Å². The number of carbonyl (C=O) groups is 1. The molecule has 3 aromatic heterocycles. The first-order valence-corrected chi connectivity index (χ1v) is 15.9. The minimum atomic E-state index is -4.47. The van der Waals surface area contributed by atoms with E-state index >= 15 is 0 Å². The van der Waals surface area contributed by atoms with Crippen LogP contribution < -0.4 is 14.8 Å². The van der Waals surface area contributed by atoms with E-state index in [2.05, 4.69) is 15.3 Å². The predicted molar refractivity (Wildman–Crippen MR) is 179 cm³/mol. The minimum Gasteiger partial charge on any atom is -0.497 e. The summed E-state index contributed by atoms with van der Waals surface area (Å²) in [5.74, 6) is 2.24. The van der Waals surface area contributed by atoms with E-state index in [1.165, 1.54) is 0 Å². The number of hydrogen-bond acceptors (Lipinski definition) is 8. The number of pyridine rings is 2. The van der Waals surface area contributed by atoms with Gasteiger partial charge < -0.3 is 24.4 Å². The van der Waals surface area contributed by atoms with Crippen LogP contribution in [0.3, 0.4) is 0 Å². The van der Waals surface area contributed by atoms with Crippen molar-refractivity contribution in [1.82, 2.24) is 24.6 Å². The van der Waals surface area contributed by atoms with Gasteiger partial charge in [-0.05, 0) is 87.7 Å². The number of methoxy groups -OCH3 is 1. The Morgan fingerprint density at radius 2 is 1.67 bits per heavy atom. The minimum absolute atomic E-state index is 0.110. The number of carbonyl (C=O) groups excluding carboxylic acids is 1. The molecule has 6 rings (SSSR count). The molecular weight excluding hydrogens is 637 g/mol. The summed E-state index contributed by atoms with van der Waals surface area (Å²) in [6, 6.07) is 18.0. The Kier molecular flexibility index (Phi) is 9.35. The van der Waals surface area contributed by atoms with E-state index in [0.29, 0.717) is 53.5 Å². The molecule has 1 amide bonds. The highest BCUT2D eigenvalue weighted by atomic mass is 19.4. The SMILES string of the molecule is COc1ccc(Cn2nc(N[C@@H]3CCCN(C(=O)OC(C)(C)C)C3)c3c(Oc4ccc(-c5cc(C(F)(F)F)ccn5)cc4)ccnc32)cc1. The summed E-state index contributed by atoms with van der Waals surface area (Å²) in [5, 5.41) is 9.13. The van der Waals surface area contributed by atoms with Crippen molar-refractivity contribution in [2.45, 2.75) is 58.0 Å². The van der Waals surface area contributed by atoms with Gasteiger partial charge in [0, 0.05) is 43.2 Å². The Bertz CT molecular complexity index is 1920. The number of nitrogens with one attached hydrogen (secondary N) is 1. The molecule has 0 radical (unpaired) electrons. The van der Waals surface area contributed by atoms with Gasteiger partial charge in [-0.3, -0.25) is 4.98 Å². The zero-order valence-electron chi connectivity index (χ0n) is 27.6. The second-order valence-electron chi connectivity index (χ2n) is 12.8. The number of rotatable bonds is 8. The first-order valence-electron chi connectivity index (χ1n) is 15.9. The standard InChI is InChI=1S/C36H37F3N6O4/c1-35(2,3)49-34(46)44-19-5-6-26(22-44)42-32-31-30(16-18-41-33(31)45(43-32)21-23-7-11-27(47-4)12-8-23)48-28-13-9-24(10-14-28)29-20-25(15-17-40-29)36(37,38)39/h7-18,20,26H,5-6,19,21-22H2,1-4H3,(H,42,43)/t26-/m1/s1. The molecule has 1 atom stereocenters. The molecule has 10 nitrogen and oxygen atoms in total. The maximum absolute atomic E-state index is 13.3. The van der Waals surface area contributed by atoms with E-state index in [4.69, 9.17) is 19.3 Å². The third-order valence-corrected chi connectivity index (χ3v) is 7.97. The summed E-state index contributed by atoms with van der Waals surface area (Å²) in [4.78, 5) is 23.4. The molecule has 0 bridgehead atoms. The van der Waals surface area contributed by atoms with Crippen LogP contribution in [-0.4, -0.2) is 62.6 Å². The summed E-state index contributed by atoms with van der Waals surface area (Å²) in [6.07, 6.45) is -0.442. The highest BCUT2D eigenvalue weighted by Crippen LogP contribution is 2.36. The molecule has 1 aliphatic rings. The topological polar surface area (TPSA) is 104 Å². The summed E-state index contributed by atoms with van der Waals surface area (Å²) in [5.41, 5.74) is 0.911. The average Bonchev–Trinajstić information content (AvgIpc) is 3.41. The molecule has 1 saturated heterocycles. The second kappa shape index (κ2) is 13.7. The summed E-state index contributed by atoms with van der Waals surface area (Å²) < 4.78 is 58.9. The number of fused-ring (bicyclic) bond motifs is 1. The largest absolute Gasteiger partial charge is 0.497 e. The maximum Gasteiger partial charge on any atom is 0.416 e. The van der Waals surface area contributed by atoms with Crippen LogP contribution in [0, 0.1) is 0 Å². The van der Waals surface area contributed by atoms with E-state index in [1.807, 2.05) is 45.0 Å². The van der Waals surface area contributed by atoms with Crippen LogP contribution in [0.25, 0.3) is 22.3 Å². The van der Waals surface area contributed by atoms with Crippen molar-refractivity contribution in [2.24, 2.45) is 0 Å². The van der Waals surface area contributed by atoms with E-state index in [1.54, 1.807) is 53.2 Å². The molecule has 1 aliphatic heterocycles. The van der Waals surface area contributed by atoms with E-state index < -0.39 is 17.3 Å². The molecule has 5 aromatic rings. The summed E-state index contributed by atoms with van der Waals surface area (Å²) in [6.45, 7) is 6.99. The van der Waals surface area contributed by atoms with Crippen LogP contribution in [0.15, 0.2) is 79.1 Å². The monoisotopic (exact) mass is 674 g/mol. The smallest absolute Gasteiger partial charge is 0.416 e. The number of piperidine rings is 1. The number of amides is 1. The van der Waals surface area contributed by atoms with Gasteiger partial charge in [0.2, 0.25) is 0 Å². The molecule has 2 aromatic carbocycles. The van der Waals surface area contributed by atoms with Crippen molar-refractivity contribution in [3.05, 3.63) is 90.3 Å². The molecule has 49 heavy (non-hydrogen) atoms. The molecule has 13 heteroatoms. The summed E-state index contributed by atoms with van der Waals surface area (Å²) in [7, 11) is 1.62. The van der Waals surface area contributed by atoms with Crippen LogP contribution in [-0.2, 0) is 17.5 Å². The molecule has 0 saturated carbocycles. The lowest BCUT2D eigenvalue weighted by molar-refractivity contribution is -0.137. The fourth-order valence-electron chi connectivity index (χ4n) is 5.64. The Labute approximate surface area is 281 Å². The van der Waals surface area contributed by atoms with Crippen LogP contribution in [0.5, 0.6) is 17.2 Å². The van der Waals surface area contributed by atoms with E-state index in [0.717, 1.165) is 42.5 Å². The maximum atomic E-state index is 13.3. The van der Waals surface area contributed by atoms with Gasteiger partial charge in [0.1, 0.15) is 28.2 Å². The number of likely N-dealkylation sites (tertiary alicyclic amines) is 1. The number of nitrogens with zero attached hydrogens (tertiary/aromatic N) is 5. The van der Waals surface area contributed by atoms with Gasteiger partial charge in [-0.2, -0.15) is 18.3 Å². The van der Waals surface area contributed by atoms with Crippen molar-refractivity contribution in [1.29, 1.82) is 0 Å². The molecule has 0 spiro atoms. The number of benzene rings is 2. The lowest BCUT2D eigenvalue weighted by atomic mass is 10.1. The molecule has 0 aliphatic carbocycles. The van der Waals surface area contributed by atoms with Gasteiger partial charge in [-0.25, -0.2) is 14.5 Å². The van der Waals surface area contributed by atoms with Crippen LogP contribution >= 0.6 is 0 Å². The lowest BCUT2D eigenvalue weighted by Crippen LogP contribution is -2.47. The van der Waals surface area contributed by atoms with Crippen LogP contribution in [0.2, 0.25) is 0 Å². The van der Waals surface area contributed by atoms with Crippen molar-refractivity contribution < 1.29 is 32.2 Å². The molecule has 1 fully saturated rings. The Balaban J connectivity index is 1.30. The Morgan fingerprint density at radius 1 is 0.959 bits per heavy atom. The number of halogens is 3. The predicted octanol–water partition coefficient (Wildman–Crippen LogP) is 8.17. The third-order valence-electron chi connectivity index (χ3n) is 7.97. The number of aromatic nitrogens is 4. The Hall–Kier alpha value is -5.33. The van der Waals surface area contributed by atoms with Gasteiger partial charge in [0.05, 0.1) is 24.9 Å². The lowest BCUT2D eigenvalue weighted by Gasteiger charge is -2.34. The zero-order valence-corrected chi connectivity index (χ0v) is 27.6. The number of ether oxygens (including phenoxy) is 3. The van der Waals surface area contributed by atoms with Gasteiger partial charge in [0.25, 0.3) is 0 Å². The molecule has 4 heterocycles. The number of hydrogen-bond donors (Lipinski definition) is 1. The zero-order chi connectivity index (χ0) is 34.8. The fourth-order valence-corrected chi connectivity index (χ4v) is 5.64. The summed E-state index contributed by atoms with van der Waals surface area (Å²) >= 11 is 0. The molecular formula is C36H37F3N6O4. The molecule has 1 N–H and O–H groups in total. The van der Waals surface area contributed by atoms with Gasteiger partial charge in [-0.1, -0.05) is 12.1 Å². The first kappa shape index (κ1) is 33.6. The second-order valence-corrected chi connectivity index (χ2v) is 12.8. The quantitative estimate of drug-likeness (QED) is 0.176. The molecule has 256 valence electrons. The van der Waals surface area contributed by atoms with Gasteiger partial charge in [0.15, 0.2) is 11.5 Å². The van der Waals surface area contributed by atoms with E-state index in [-0.39, 0.29) is 17.8 Å². The van der Waals surface area contributed by atoms with Crippen molar-refractivity contribution in [3.63, 3.8) is 0 Å². The first-order chi connectivity index (χ1) is 23.4. The molecule has 0 unspecified atom stereocenters. The normalized spacial score (nSPS) is 15.2. The average molecular weight is 675 g/mol. The highest BCUT2D eigenvalue weighted by molar-refractivity contribution is 5.93. The highest BCUT2D eigenvalue weighted by Gasteiger charge is 2.31. The van der Waals surface area contributed by atoms with Crippen LogP contribution in [0.4, 0.5) is 23.8 Å². The van der Waals surface area contributed by atoms with Crippen molar-refractivity contribution in [2.75, 3.05) is 25.5 Å². The third kappa shape index (κ3) is 8.04. The Morgan fingerprint density at radius 3 is 2.37 bits per heavy atom. The number of anilines is 1. The number of alkyl halides is 3. The van der Waals surface area contributed by atoms with Crippen molar-refractivity contribution in [3.8, 4) is 28.5 Å².